The van der Waals surface area contributed by atoms with Crippen LogP contribution in [0.1, 0.15) is 46.5 Å². The van der Waals surface area contributed by atoms with Gasteiger partial charge in [0.25, 0.3) is 0 Å². The summed E-state index contributed by atoms with van der Waals surface area (Å²) in [6.45, 7) is 7.53. The SMILES string of the molecule is CC(C)(C)OC(=O)N1CCC2(CC1)CC(CI)C2. The number of halogens is 1. The van der Waals surface area contributed by atoms with Gasteiger partial charge in [-0.25, -0.2) is 4.79 Å². The van der Waals surface area contributed by atoms with Crippen molar-refractivity contribution in [2.24, 2.45) is 11.3 Å². The molecule has 0 radical (unpaired) electrons. The zero-order valence-electron chi connectivity index (χ0n) is 11.7. The fourth-order valence-electron chi connectivity index (χ4n) is 3.17. The Morgan fingerprint density at radius 2 is 1.89 bits per heavy atom. The molecule has 0 aromatic heterocycles. The molecule has 0 N–H and O–H groups in total. The molecule has 0 atom stereocenters. The second kappa shape index (κ2) is 5.17. The minimum Gasteiger partial charge on any atom is -0.444 e. The molecule has 0 unspecified atom stereocenters. The third-order valence-electron chi connectivity index (χ3n) is 4.14. The van der Waals surface area contributed by atoms with Crippen LogP contribution in [0.2, 0.25) is 0 Å². The topological polar surface area (TPSA) is 29.5 Å². The van der Waals surface area contributed by atoms with Gasteiger partial charge in [-0.15, -0.1) is 0 Å². The molecule has 0 aromatic rings. The van der Waals surface area contributed by atoms with Crippen LogP contribution in [0.5, 0.6) is 0 Å². The second-order valence-electron chi connectivity index (χ2n) is 6.90. The molecule has 1 heterocycles. The first-order valence-corrected chi connectivity index (χ1v) is 8.40. The van der Waals surface area contributed by atoms with Gasteiger partial charge in [-0.05, 0) is 57.8 Å². The standard InChI is InChI=1S/C14H24INO2/c1-13(2,3)18-12(17)16-6-4-14(5-7-16)8-11(9-14)10-15/h11H,4-10H2,1-3H3. The first-order valence-electron chi connectivity index (χ1n) is 6.87. The molecule has 104 valence electrons. The monoisotopic (exact) mass is 365 g/mol. The van der Waals surface area contributed by atoms with Crippen LogP contribution in [0.25, 0.3) is 0 Å². The van der Waals surface area contributed by atoms with E-state index in [1.54, 1.807) is 0 Å². The van der Waals surface area contributed by atoms with Crippen molar-refractivity contribution in [3.63, 3.8) is 0 Å². The van der Waals surface area contributed by atoms with Crippen molar-refractivity contribution in [2.75, 3.05) is 17.5 Å². The Bertz CT molecular complexity index is 308. The zero-order chi connectivity index (χ0) is 13.4. The molecule has 1 saturated carbocycles. The quantitative estimate of drug-likeness (QED) is 0.522. The number of ether oxygens (including phenoxy) is 1. The summed E-state index contributed by atoms with van der Waals surface area (Å²) < 4.78 is 6.71. The van der Waals surface area contributed by atoms with Crippen LogP contribution in [0.4, 0.5) is 4.79 Å². The van der Waals surface area contributed by atoms with Gasteiger partial charge in [0.2, 0.25) is 0 Å². The molecule has 1 saturated heterocycles. The fourth-order valence-corrected chi connectivity index (χ4v) is 3.80. The number of carbonyl (C=O) groups excluding carboxylic acids is 1. The molecule has 3 nitrogen and oxygen atoms in total. The highest BCUT2D eigenvalue weighted by atomic mass is 127. The van der Waals surface area contributed by atoms with Crippen molar-refractivity contribution in [1.82, 2.24) is 4.90 Å². The lowest BCUT2D eigenvalue weighted by atomic mass is 9.58. The van der Waals surface area contributed by atoms with E-state index in [-0.39, 0.29) is 11.7 Å². The summed E-state index contributed by atoms with van der Waals surface area (Å²) in [4.78, 5) is 13.8. The summed E-state index contributed by atoms with van der Waals surface area (Å²) in [5.74, 6) is 0.929. The van der Waals surface area contributed by atoms with Crippen molar-refractivity contribution in [3.8, 4) is 0 Å². The van der Waals surface area contributed by atoms with Crippen LogP contribution in [0.3, 0.4) is 0 Å². The number of nitrogens with zero attached hydrogens (tertiary/aromatic N) is 1. The molecule has 1 aliphatic heterocycles. The van der Waals surface area contributed by atoms with E-state index in [1.807, 2.05) is 25.7 Å². The Hall–Kier alpha value is 0. The number of rotatable bonds is 1. The van der Waals surface area contributed by atoms with E-state index in [4.69, 9.17) is 4.74 Å². The molecule has 1 amide bonds. The Morgan fingerprint density at radius 1 is 1.33 bits per heavy atom. The molecule has 4 heteroatoms. The highest BCUT2D eigenvalue weighted by Gasteiger charge is 2.45. The minimum atomic E-state index is -0.380. The maximum absolute atomic E-state index is 12.0. The van der Waals surface area contributed by atoms with Crippen molar-refractivity contribution >= 4 is 28.7 Å². The van der Waals surface area contributed by atoms with Crippen LogP contribution in [0, 0.1) is 11.3 Å². The molecule has 0 aromatic carbocycles. The van der Waals surface area contributed by atoms with Crippen LogP contribution >= 0.6 is 22.6 Å². The highest BCUT2D eigenvalue weighted by Crippen LogP contribution is 2.53. The fraction of sp³-hybridized carbons (Fsp3) is 0.929. The third-order valence-corrected chi connectivity index (χ3v) is 5.38. The Labute approximate surface area is 124 Å². The summed E-state index contributed by atoms with van der Waals surface area (Å²) in [6, 6.07) is 0. The van der Waals surface area contributed by atoms with Gasteiger partial charge >= 0.3 is 6.09 Å². The predicted octanol–water partition coefficient (Wildman–Crippen LogP) is 3.85. The van der Waals surface area contributed by atoms with Gasteiger partial charge in [0, 0.05) is 17.5 Å². The second-order valence-corrected chi connectivity index (χ2v) is 7.78. The predicted molar refractivity (Wildman–Crippen MR) is 81.1 cm³/mol. The van der Waals surface area contributed by atoms with Crippen molar-refractivity contribution < 1.29 is 9.53 Å². The van der Waals surface area contributed by atoms with E-state index in [2.05, 4.69) is 22.6 Å². The molecule has 18 heavy (non-hydrogen) atoms. The maximum atomic E-state index is 12.0. The summed E-state index contributed by atoms with van der Waals surface area (Å²) in [6.07, 6.45) is 4.94. The van der Waals surface area contributed by atoms with E-state index >= 15 is 0 Å². The van der Waals surface area contributed by atoms with Crippen molar-refractivity contribution in [2.45, 2.75) is 52.1 Å². The van der Waals surface area contributed by atoms with Crippen molar-refractivity contribution in [3.05, 3.63) is 0 Å². The number of piperidine rings is 1. The molecule has 1 aliphatic carbocycles. The summed E-state index contributed by atoms with van der Waals surface area (Å²) in [5, 5.41) is 0. The number of carbonyl (C=O) groups is 1. The lowest BCUT2D eigenvalue weighted by Crippen LogP contribution is -2.50. The Kier molecular flexibility index (Phi) is 4.14. The molecule has 2 fully saturated rings. The summed E-state index contributed by atoms with van der Waals surface area (Å²) in [7, 11) is 0. The molecular weight excluding hydrogens is 341 g/mol. The largest absolute Gasteiger partial charge is 0.444 e. The van der Waals surface area contributed by atoms with Crippen molar-refractivity contribution in [1.29, 1.82) is 0 Å². The van der Waals surface area contributed by atoms with Gasteiger partial charge in [-0.2, -0.15) is 0 Å². The Balaban J connectivity index is 1.79. The first-order chi connectivity index (χ1) is 8.34. The van der Waals surface area contributed by atoms with Gasteiger partial charge in [0.05, 0.1) is 0 Å². The highest BCUT2D eigenvalue weighted by molar-refractivity contribution is 14.1. The smallest absolute Gasteiger partial charge is 0.410 e. The molecule has 2 aliphatic rings. The average molecular weight is 365 g/mol. The minimum absolute atomic E-state index is 0.137. The molecular formula is C14H24INO2. The number of hydrogen-bond donors (Lipinski definition) is 0. The number of alkyl halides is 1. The Morgan fingerprint density at radius 3 is 2.33 bits per heavy atom. The average Bonchev–Trinajstić information content (AvgIpc) is 2.23. The van der Waals surface area contributed by atoms with Crippen LogP contribution in [-0.2, 0) is 4.74 Å². The van der Waals surface area contributed by atoms with E-state index < -0.39 is 0 Å². The van der Waals surface area contributed by atoms with Crippen LogP contribution in [0.15, 0.2) is 0 Å². The lowest BCUT2D eigenvalue weighted by molar-refractivity contribution is -0.0213. The summed E-state index contributed by atoms with van der Waals surface area (Å²) >= 11 is 2.49. The van der Waals surface area contributed by atoms with Gasteiger partial charge < -0.3 is 9.64 Å². The normalized spacial score (nSPS) is 23.9. The number of hydrogen-bond acceptors (Lipinski definition) is 2. The van der Waals surface area contributed by atoms with E-state index in [9.17, 15) is 4.79 Å². The van der Waals surface area contributed by atoms with Gasteiger partial charge in [-0.3, -0.25) is 0 Å². The third kappa shape index (κ3) is 3.31. The van der Waals surface area contributed by atoms with E-state index in [0.717, 1.165) is 19.0 Å². The van der Waals surface area contributed by atoms with Crippen LogP contribution in [-0.4, -0.2) is 34.1 Å². The van der Waals surface area contributed by atoms with Gasteiger partial charge in [0.1, 0.15) is 5.60 Å². The molecule has 1 spiro atoms. The first kappa shape index (κ1) is 14.4. The maximum Gasteiger partial charge on any atom is 0.410 e. The number of likely N-dealkylation sites (tertiary alicyclic amines) is 1. The lowest BCUT2D eigenvalue weighted by Gasteiger charge is -2.52. The van der Waals surface area contributed by atoms with Gasteiger partial charge in [0.15, 0.2) is 0 Å². The van der Waals surface area contributed by atoms with Crippen LogP contribution < -0.4 is 0 Å². The molecule has 2 rings (SSSR count). The summed E-state index contributed by atoms with van der Waals surface area (Å²) in [5.41, 5.74) is 0.184. The molecule has 0 bridgehead atoms. The van der Waals surface area contributed by atoms with E-state index in [0.29, 0.717) is 5.41 Å². The van der Waals surface area contributed by atoms with Gasteiger partial charge in [-0.1, -0.05) is 22.6 Å². The zero-order valence-corrected chi connectivity index (χ0v) is 13.8. The number of amides is 1. The van der Waals surface area contributed by atoms with E-state index in [1.165, 1.54) is 30.1 Å².